The van der Waals surface area contributed by atoms with Gasteiger partial charge in [0.1, 0.15) is 0 Å². The van der Waals surface area contributed by atoms with Gasteiger partial charge >= 0.3 is 6.18 Å². The van der Waals surface area contributed by atoms with E-state index in [1.54, 1.807) is 0 Å². The lowest BCUT2D eigenvalue weighted by Crippen LogP contribution is -2.33. The molecule has 2 unspecified atom stereocenters. The molecule has 0 heterocycles. The molecule has 1 fully saturated rings. The van der Waals surface area contributed by atoms with Gasteiger partial charge in [-0.05, 0) is 31.0 Å². The molecule has 0 aliphatic heterocycles. The van der Waals surface area contributed by atoms with Crippen LogP contribution in [0.4, 0.5) is 18.9 Å². The third kappa shape index (κ3) is 3.88. The average molecular weight is 352 g/mol. The van der Waals surface area contributed by atoms with Gasteiger partial charge < -0.3 is 10.4 Å². The molecule has 112 valence electrons. The maximum atomic E-state index is 13.0. The summed E-state index contributed by atoms with van der Waals surface area (Å²) >= 11 is 3.19. The van der Waals surface area contributed by atoms with E-state index in [4.69, 9.17) is 0 Å². The Morgan fingerprint density at radius 1 is 1.15 bits per heavy atom. The van der Waals surface area contributed by atoms with E-state index in [1.807, 2.05) is 0 Å². The molecule has 0 aromatic heterocycles. The number of alkyl halides is 3. The minimum absolute atomic E-state index is 0.0258. The van der Waals surface area contributed by atoms with Crippen LogP contribution in [-0.4, -0.2) is 17.3 Å². The predicted octanol–water partition coefficient (Wildman–Crippen LogP) is 4.57. The van der Waals surface area contributed by atoms with E-state index in [0.29, 0.717) is 17.3 Å². The van der Waals surface area contributed by atoms with Crippen molar-refractivity contribution in [2.75, 3.05) is 5.32 Å². The second-order valence-electron chi connectivity index (χ2n) is 5.14. The molecular weight excluding hydrogens is 335 g/mol. The minimum Gasteiger partial charge on any atom is -0.391 e. The second-order valence-corrected chi connectivity index (χ2v) is 6.06. The van der Waals surface area contributed by atoms with Gasteiger partial charge in [0.15, 0.2) is 0 Å². The van der Waals surface area contributed by atoms with E-state index >= 15 is 0 Å². The molecule has 1 aromatic carbocycles. The van der Waals surface area contributed by atoms with E-state index in [-0.39, 0.29) is 11.7 Å². The minimum atomic E-state index is -4.40. The van der Waals surface area contributed by atoms with E-state index < -0.39 is 17.8 Å². The van der Waals surface area contributed by atoms with Crippen molar-refractivity contribution in [2.45, 2.75) is 50.4 Å². The summed E-state index contributed by atoms with van der Waals surface area (Å²) in [4.78, 5) is 0. The van der Waals surface area contributed by atoms with E-state index in [9.17, 15) is 18.3 Å². The largest absolute Gasteiger partial charge is 0.418 e. The molecule has 2 atom stereocenters. The first-order chi connectivity index (χ1) is 9.38. The van der Waals surface area contributed by atoms with Crippen LogP contribution < -0.4 is 5.32 Å². The van der Waals surface area contributed by atoms with Crippen LogP contribution in [0.15, 0.2) is 22.7 Å². The van der Waals surface area contributed by atoms with Gasteiger partial charge in [-0.2, -0.15) is 13.2 Å². The van der Waals surface area contributed by atoms with Crippen molar-refractivity contribution < 1.29 is 18.3 Å². The number of hydrogen-bond acceptors (Lipinski definition) is 2. The number of halogens is 4. The van der Waals surface area contributed by atoms with Gasteiger partial charge in [-0.1, -0.05) is 35.2 Å². The fraction of sp³-hybridized carbons (Fsp3) is 0.571. The number of rotatable bonds is 2. The highest BCUT2D eigenvalue weighted by atomic mass is 79.9. The summed E-state index contributed by atoms with van der Waals surface area (Å²) < 4.78 is 39.6. The summed E-state index contributed by atoms with van der Waals surface area (Å²) in [5.74, 6) is 0. The highest BCUT2D eigenvalue weighted by Gasteiger charge is 2.34. The smallest absolute Gasteiger partial charge is 0.391 e. The van der Waals surface area contributed by atoms with Crippen LogP contribution in [0.1, 0.15) is 37.7 Å². The average Bonchev–Trinajstić information content (AvgIpc) is 2.53. The van der Waals surface area contributed by atoms with E-state index in [2.05, 4.69) is 21.2 Å². The van der Waals surface area contributed by atoms with Crippen molar-refractivity contribution in [3.8, 4) is 0 Å². The Morgan fingerprint density at radius 2 is 1.85 bits per heavy atom. The summed E-state index contributed by atoms with van der Waals surface area (Å²) in [7, 11) is 0. The van der Waals surface area contributed by atoms with Crippen LogP contribution in [0.5, 0.6) is 0 Å². The normalized spacial score (nSPS) is 24.2. The molecule has 1 aliphatic carbocycles. The van der Waals surface area contributed by atoms with Gasteiger partial charge in [-0.15, -0.1) is 0 Å². The molecule has 2 rings (SSSR count). The van der Waals surface area contributed by atoms with Crippen LogP contribution in [0, 0.1) is 0 Å². The number of aliphatic hydroxyl groups excluding tert-OH is 1. The topological polar surface area (TPSA) is 32.3 Å². The second kappa shape index (κ2) is 6.35. The van der Waals surface area contributed by atoms with Crippen molar-refractivity contribution in [1.82, 2.24) is 0 Å². The first kappa shape index (κ1) is 15.6. The molecule has 0 spiro atoms. The van der Waals surface area contributed by atoms with Crippen LogP contribution >= 0.6 is 15.9 Å². The summed E-state index contributed by atoms with van der Waals surface area (Å²) in [6, 6.07) is 3.51. The number of anilines is 1. The molecule has 1 saturated carbocycles. The highest BCUT2D eigenvalue weighted by Crippen LogP contribution is 2.37. The summed E-state index contributed by atoms with van der Waals surface area (Å²) in [6.07, 6.45) is -0.831. The Morgan fingerprint density at radius 3 is 2.55 bits per heavy atom. The molecular formula is C14H17BrF3NO. The van der Waals surface area contributed by atoms with Crippen molar-refractivity contribution in [3.63, 3.8) is 0 Å². The molecule has 2 nitrogen and oxygen atoms in total. The van der Waals surface area contributed by atoms with E-state index in [0.717, 1.165) is 25.3 Å². The molecule has 0 radical (unpaired) electrons. The number of nitrogens with one attached hydrogen (secondary N) is 1. The maximum Gasteiger partial charge on any atom is 0.418 e. The molecule has 20 heavy (non-hydrogen) atoms. The zero-order valence-corrected chi connectivity index (χ0v) is 12.5. The first-order valence-electron chi connectivity index (χ1n) is 6.69. The lowest BCUT2D eigenvalue weighted by molar-refractivity contribution is -0.137. The lowest BCUT2D eigenvalue weighted by atomic mass is 10.0. The number of benzene rings is 1. The van der Waals surface area contributed by atoms with Gasteiger partial charge in [-0.25, -0.2) is 0 Å². The SMILES string of the molecule is OC1CCCCCC1Nc1cc(Br)ccc1C(F)(F)F. The fourth-order valence-electron chi connectivity index (χ4n) is 2.54. The third-order valence-electron chi connectivity index (χ3n) is 3.61. The molecule has 2 N–H and O–H groups in total. The predicted molar refractivity (Wildman–Crippen MR) is 75.6 cm³/mol. The Kier molecular flexibility index (Phi) is 4.96. The molecule has 6 heteroatoms. The number of hydrogen-bond donors (Lipinski definition) is 2. The van der Waals surface area contributed by atoms with Gasteiger partial charge in [-0.3, -0.25) is 0 Å². The van der Waals surface area contributed by atoms with Gasteiger partial charge in [0.2, 0.25) is 0 Å². The summed E-state index contributed by atoms with van der Waals surface area (Å²) in [5.41, 5.74) is -0.671. The van der Waals surface area contributed by atoms with Crippen LogP contribution in [0.2, 0.25) is 0 Å². The van der Waals surface area contributed by atoms with Crippen molar-refractivity contribution in [3.05, 3.63) is 28.2 Å². The van der Waals surface area contributed by atoms with Crippen LogP contribution in [0.3, 0.4) is 0 Å². The number of aliphatic hydroxyl groups is 1. The Balaban J connectivity index is 2.25. The summed E-state index contributed by atoms with van der Waals surface area (Å²) in [6.45, 7) is 0. The molecule has 0 saturated heterocycles. The molecule has 1 aliphatic rings. The van der Waals surface area contributed by atoms with Crippen LogP contribution in [0.25, 0.3) is 0 Å². The monoisotopic (exact) mass is 351 g/mol. The quantitative estimate of drug-likeness (QED) is 0.764. The summed E-state index contributed by atoms with van der Waals surface area (Å²) in [5, 5.41) is 12.9. The van der Waals surface area contributed by atoms with Gasteiger partial charge in [0, 0.05) is 10.2 Å². The van der Waals surface area contributed by atoms with Crippen LogP contribution in [-0.2, 0) is 6.18 Å². The Labute approximate surface area is 124 Å². The van der Waals surface area contributed by atoms with Crippen molar-refractivity contribution >= 4 is 21.6 Å². The Bertz CT molecular complexity index is 464. The molecule has 0 amide bonds. The first-order valence-corrected chi connectivity index (χ1v) is 7.48. The van der Waals surface area contributed by atoms with Gasteiger partial charge in [0.25, 0.3) is 0 Å². The third-order valence-corrected chi connectivity index (χ3v) is 4.10. The van der Waals surface area contributed by atoms with E-state index in [1.165, 1.54) is 12.1 Å². The molecule has 0 bridgehead atoms. The standard InChI is InChI=1S/C14H17BrF3NO/c15-9-6-7-10(14(16,17)18)12(8-9)19-11-4-2-1-3-5-13(11)20/h6-8,11,13,19-20H,1-5H2. The zero-order valence-electron chi connectivity index (χ0n) is 10.9. The Hall–Kier alpha value is -0.750. The lowest BCUT2D eigenvalue weighted by Gasteiger charge is -2.25. The fourth-order valence-corrected chi connectivity index (χ4v) is 2.90. The zero-order chi connectivity index (χ0) is 14.8. The van der Waals surface area contributed by atoms with Gasteiger partial charge in [0.05, 0.1) is 17.7 Å². The maximum absolute atomic E-state index is 13.0. The van der Waals surface area contributed by atoms with Crippen molar-refractivity contribution in [1.29, 1.82) is 0 Å². The highest BCUT2D eigenvalue weighted by molar-refractivity contribution is 9.10. The van der Waals surface area contributed by atoms with Crippen molar-refractivity contribution in [2.24, 2.45) is 0 Å². The molecule has 1 aromatic rings.